The molecule has 2 nitrogen and oxygen atoms in total. The topological polar surface area (TPSA) is 29.3 Å². The van der Waals surface area contributed by atoms with Gasteiger partial charge in [0.15, 0.2) is 0 Å². The van der Waals surface area contributed by atoms with Gasteiger partial charge in [0.25, 0.3) is 0 Å². The Morgan fingerprint density at radius 3 is 2.73 bits per heavy atom. The Morgan fingerprint density at radius 1 is 1.47 bits per heavy atom. The van der Waals surface area contributed by atoms with Crippen molar-refractivity contribution in [2.45, 2.75) is 45.6 Å². The van der Waals surface area contributed by atoms with Gasteiger partial charge in [0.2, 0.25) is 0 Å². The number of rotatable bonds is 6. The minimum Gasteiger partial charge on any atom is -0.330 e. The van der Waals surface area contributed by atoms with Crippen molar-refractivity contribution in [1.29, 1.82) is 0 Å². The molecule has 2 unspecified atom stereocenters. The average molecular weight is 210 g/mol. The molecule has 0 aromatic heterocycles. The third-order valence-electron chi connectivity index (χ3n) is 3.62. The van der Waals surface area contributed by atoms with Crippen LogP contribution in [0.3, 0.4) is 0 Å². The predicted molar refractivity (Wildman–Crippen MR) is 66.9 cm³/mol. The molecule has 1 saturated carbocycles. The van der Waals surface area contributed by atoms with Crippen molar-refractivity contribution in [2.24, 2.45) is 11.7 Å². The molecule has 2 atom stereocenters. The number of nitrogens with zero attached hydrogens (tertiary/aromatic N) is 1. The summed E-state index contributed by atoms with van der Waals surface area (Å²) in [5, 5.41) is 0. The normalized spacial score (nSPS) is 26.1. The Bertz CT molecular complexity index is 201. The van der Waals surface area contributed by atoms with E-state index in [0.717, 1.165) is 38.0 Å². The molecule has 0 aromatic rings. The maximum atomic E-state index is 5.83. The molecule has 1 aliphatic carbocycles. The molecule has 0 amide bonds. The van der Waals surface area contributed by atoms with Gasteiger partial charge in [-0.3, -0.25) is 0 Å². The van der Waals surface area contributed by atoms with Gasteiger partial charge in [-0.15, -0.1) is 6.58 Å². The third kappa shape index (κ3) is 3.62. The molecule has 0 saturated heterocycles. The first-order chi connectivity index (χ1) is 7.19. The van der Waals surface area contributed by atoms with Gasteiger partial charge in [-0.05, 0) is 45.2 Å². The van der Waals surface area contributed by atoms with Gasteiger partial charge in [-0.2, -0.15) is 0 Å². The SMILES string of the molecule is C=C(C)CCN(CC)C1CCCC1CN. The van der Waals surface area contributed by atoms with Gasteiger partial charge < -0.3 is 10.6 Å². The second-order valence-corrected chi connectivity index (χ2v) is 4.83. The lowest BCUT2D eigenvalue weighted by molar-refractivity contribution is 0.172. The minimum absolute atomic E-state index is 0.732. The predicted octanol–water partition coefficient (Wildman–Crippen LogP) is 2.40. The largest absolute Gasteiger partial charge is 0.330 e. The van der Waals surface area contributed by atoms with Crippen LogP contribution in [0, 0.1) is 5.92 Å². The first-order valence-corrected chi connectivity index (χ1v) is 6.27. The van der Waals surface area contributed by atoms with Crippen molar-refractivity contribution in [2.75, 3.05) is 19.6 Å². The fourth-order valence-electron chi connectivity index (χ4n) is 2.67. The fourth-order valence-corrected chi connectivity index (χ4v) is 2.67. The van der Waals surface area contributed by atoms with Crippen molar-refractivity contribution in [3.63, 3.8) is 0 Å². The molecule has 0 spiro atoms. The lowest BCUT2D eigenvalue weighted by atomic mass is 10.0. The second-order valence-electron chi connectivity index (χ2n) is 4.83. The van der Waals surface area contributed by atoms with Crippen LogP contribution < -0.4 is 5.73 Å². The molecule has 2 heteroatoms. The van der Waals surface area contributed by atoms with E-state index in [1.54, 1.807) is 0 Å². The maximum Gasteiger partial charge on any atom is 0.0136 e. The van der Waals surface area contributed by atoms with E-state index in [4.69, 9.17) is 5.73 Å². The van der Waals surface area contributed by atoms with Crippen molar-refractivity contribution in [1.82, 2.24) is 4.90 Å². The van der Waals surface area contributed by atoms with Crippen LogP contribution in [0.4, 0.5) is 0 Å². The quantitative estimate of drug-likeness (QED) is 0.682. The van der Waals surface area contributed by atoms with Gasteiger partial charge in [0.1, 0.15) is 0 Å². The van der Waals surface area contributed by atoms with Crippen LogP contribution in [0.25, 0.3) is 0 Å². The summed E-state index contributed by atoms with van der Waals surface area (Å²) in [6.07, 6.45) is 5.15. The Morgan fingerprint density at radius 2 is 2.20 bits per heavy atom. The van der Waals surface area contributed by atoms with E-state index in [9.17, 15) is 0 Å². The molecular weight excluding hydrogens is 184 g/mol. The van der Waals surface area contributed by atoms with Gasteiger partial charge in [0, 0.05) is 12.6 Å². The molecule has 0 heterocycles. The maximum absolute atomic E-state index is 5.83. The van der Waals surface area contributed by atoms with Crippen molar-refractivity contribution < 1.29 is 0 Å². The molecular formula is C13H26N2. The highest BCUT2D eigenvalue weighted by Crippen LogP contribution is 2.29. The van der Waals surface area contributed by atoms with E-state index >= 15 is 0 Å². The van der Waals surface area contributed by atoms with Gasteiger partial charge in [-0.25, -0.2) is 0 Å². The third-order valence-corrected chi connectivity index (χ3v) is 3.62. The van der Waals surface area contributed by atoms with Crippen LogP contribution in [0.2, 0.25) is 0 Å². The summed E-state index contributed by atoms with van der Waals surface area (Å²) in [6.45, 7) is 11.5. The summed E-state index contributed by atoms with van der Waals surface area (Å²) >= 11 is 0. The van der Waals surface area contributed by atoms with Crippen LogP contribution in [-0.2, 0) is 0 Å². The first-order valence-electron chi connectivity index (χ1n) is 6.27. The number of nitrogens with two attached hydrogens (primary N) is 1. The lowest BCUT2D eigenvalue weighted by Crippen LogP contribution is -2.40. The highest BCUT2D eigenvalue weighted by molar-refractivity contribution is 4.91. The van der Waals surface area contributed by atoms with Crippen LogP contribution >= 0.6 is 0 Å². The molecule has 0 bridgehead atoms. The Balaban J connectivity index is 2.45. The zero-order valence-electron chi connectivity index (χ0n) is 10.3. The highest BCUT2D eigenvalue weighted by Gasteiger charge is 2.29. The molecule has 1 aliphatic rings. The van der Waals surface area contributed by atoms with Crippen LogP contribution in [0.15, 0.2) is 12.2 Å². The molecule has 1 fully saturated rings. The molecule has 0 radical (unpaired) electrons. The minimum atomic E-state index is 0.732. The molecule has 2 N–H and O–H groups in total. The fraction of sp³-hybridized carbons (Fsp3) is 0.846. The van der Waals surface area contributed by atoms with Crippen LogP contribution in [0.1, 0.15) is 39.5 Å². The summed E-state index contributed by atoms with van der Waals surface area (Å²) in [5.74, 6) is 0.732. The molecule has 15 heavy (non-hydrogen) atoms. The van der Waals surface area contributed by atoms with Gasteiger partial charge in [-0.1, -0.05) is 18.9 Å². The van der Waals surface area contributed by atoms with E-state index in [0.29, 0.717) is 0 Å². The van der Waals surface area contributed by atoms with E-state index in [1.165, 1.54) is 24.8 Å². The number of hydrogen-bond donors (Lipinski definition) is 1. The highest BCUT2D eigenvalue weighted by atomic mass is 15.2. The zero-order chi connectivity index (χ0) is 11.3. The Hall–Kier alpha value is -0.340. The van der Waals surface area contributed by atoms with Crippen LogP contribution in [-0.4, -0.2) is 30.6 Å². The number of hydrogen-bond acceptors (Lipinski definition) is 2. The van der Waals surface area contributed by atoms with E-state index in [2.05, 4.69) is 25.3 Å². The summed E-state index contributed by atoms with van der Waals surface area (Å²) < 4.78 is 0. The summed E-state index contributed by atoms with van der Waals surface area (Å²) in [4.78, 5) is 2.60. The molecule has 1 rings (SSSR count). The summed E-state index contributed by atoms with van der Waals surface area (Å²) in [7, 11) is 0. The van der Waals surface area contributed by atoms with E-state index < -0.39 is 0 Å². The van der Waals surface area contributed by atoms with Crippen molar-refractivity contribution >= 4 is 0 Å². The van der Waals surface area contributed by atoms with Gasteiger partial charge >= 0.3 is 0 Å². The monoisotopic (exact) mass is 210 g/mol. The Labute approximate surface area is 94.5 Å². The average Bonchev–Trinajstić information content (AvgIpc) is 2.66. The van der Waals surface area contributed by atoms with Crippen LogP contribution in [0.5, 0.6) is 0 Å². The molecule has 88 valence electrons. The zero-order valence-corrected chi connectivity index (χ0v) is 10.3. The molecule has 0 aliphatic heterocycles. The standard InChI is InChI=1S/C13H26N2/c1-4-15(9-8-11(2)3)13-7-5-6-12(13)10-14/h12-13H,2,4-10,14H2,1,3H3. The van der Waals surface area contributed by atoms with Crippen molar-refractivity contribution in [3.05, 3.63) is 12.2 Å². The van der Waals surface area contributed by atoms with E-state index in [1.807, 2.05) is 0 Å². The molecule has 0 aromatic carbocycles. The second kappa shape index (κ2) is 6.29. The van der Waals surface area contributed by atoms with Gasteiger partial charge in [0.05, 0.1) is 0 Å². The lowest BCUT2D eigenvalue weighted by Gasteiger charge is -2.31. The van der Waals surface area contributed by atoms with E-state index in [-0.39, 0.29) is 0 Å². The Kier molecular flexibility index (Phi) is 5.34. The first kappa shape index (κ1) is 12.7. The smallest absolute Gasteiger partial charge is 0.0136 e. The van der Waals surface area contributed by atoms with Crippen molar-refractivity contribution in [3.8, 4) is 0 Å². The summed E-state index contributed by atoms with van der Waals surface area (Å²) in [6, 6.07) is 0.736. The summed E-state index contributed by atoms with van der Waals surface area (Å²) in [5.41, 5.74) is 7.12.